The van der Waals surface area contributed by atoms with Crippen molar-refractivity contribution in [2.24, 2.45) is 0 Å². The summed E-state index contributed by atoms with van der Waals surface area (Å²) in [4.78, 5) is 0. The number of nitrogens with zero attached hydrogens (tertiary/aromatic N) is 1. The van der Waals surface area contributed by atoms with E-state index in [1.165, 1.54) is 0 Å². The van der Waals surface area contributed by atoms with Crippen LogP contribution < -0.4 is 4.57 Å². The lowest BCUT2D eigenvalue weighted by atomic mass is 10.3. The van der Waals surface area contributed by atoms with Crippen LogP contribution in [-0.4, -0.2) is 18.7 Å². The van der Waals surface area contributed by atoms with Gasteiger partial charge in [0.2, 0.25) is 0 Å². The molecule has 0 amide bonds. The van der Waals surface area contributed by atoms with Gasteiger partial charge in [0.05, 0.1) is 10.1 Å². The second kappa shape index (κ2) is 5.04. The van der Waals surface area contributed by atoms with Crippen LogP contribution in [0, 0.1) is 0 Å². The maximum atomic E-state index is 10.4. The molecule has 5 heteroatoms. The van der Waals surface area contributed by atoms with Gasteiger partial charge >= 0.3 is 0 Å². The number of hydrogen-bond acceptors (Lipinski definition) is 3. The van der Waals surface area contributed by atoms with Gasteiger partial charge in [-0.05, 0) is 6.07 Å². The zero-order valence-electron chi connectivity index (χ0n) is 8.30. The molecule has 0 saturated carbocycles. The Bertz CT molecular complexity index is 440. The van der Waals surface area contributed by atoms with Crippen molar-refractivity contribution in [1.29, 1.82) is 0 Å². The summed E-state index contributed by atoms with van der Waals surface area (Å²) >= 11 is 0. The van der Waals surface area contributed by atoms with E-state index in [9.17, 15) is 13.0 Å². The Kier molecular flexibility index (Phi) is 3.99. The van der Waals surface area contributed by atoms with Crippen molar-refractivity contribution in [2.45, 2.75) is 13.0 Å². The summed E-state index contributed by atoms with van der Waals surface area (Å²) in [5.41, 5.74) is 0.961. The molecule has 15 heavy (non-hydrogen) atoms. The Morgan fingerprint density at radius 3 is 2.87 bits per heavy atom. The normalized spacial score (nSPS) is 11.3. The van der Waals surface area contributed by atoms with Crippen LogP contribution in [-0.2, 0) is 16.7 Å². The summed E-state index contributed by atoms with van der Waals surface area (Å²) in [5.74, 6) is -0.321. The van der Waals surface area contributed by atoms with Gasteiger partial charge < -0.3 is 4.55 Å². The highest BCUT2D eigenvalue weighted by Crippen LogP contribution is 1.96. The lowest BCUT2D eigenvalue weighted by Gasteiger charge is -2.04. The summed E-state index contributed by atoms with van der Waals surface area (Å²) in [5, 5.41) is 0. The van der Waals surface area contributed by atoms with Crippen molar-refractivity contribution in [3.63, 3.8) is 0 Å². The van der Waals surface area contributed by atoms with Crippen molar-refractivity contribution in [3.05, 3.63) is 36.7 Å². The van der Waals surface area contributed by atoms with E-state index in [0.29, 0.717) is 13.0 Å². The molecule has 0 aromatic carbocycles. The second-order valence-corrected chi connectivity index (χ2v) is 4.72. The van der Waals surface area contributed by atoms with Crippen LogP contribution in [0.15, 0.2) is 31.1 Å². The van der Waals surface area contributed by atoms with Gasteiger partial charge in [0, 0.05) is 23.8 Å². The zero-order valence-corrected chi connectivity index (χ0v) is 9.11. The van der Waals surface area contributed by atoms with Crippen molar-refractivity contribution in [1.82, 2.24) is 0 Å². The molecule has 4 nitrogen and oxygen atoms in total. The number of hydrogen-bond donors (Lipinski definition) is 0. The molecule has 0 fully saturated rings. The average molecular weight is 227 g/mol. The van der Waals surface area contributed by atoms with Crippen molar-refractivity contribution >= 4 is 16.2 Å². The molecule has 0 radical (unpaired) electrons. The topological polar surface area (TPSA) is 61.1 Å². The average Bonchev–Trinajstić information content (AvgIpc) is 2.16. The Labute approximate surface area is 89.6 Å². The summed E-state index contributed by atoms with van der Waals surface area (Å²) in [6.45, 7) is 4.15. The molecule has 0 atom stereocenters. The molecule has 0 bridgehead atoms. The Morgan fingerprint density at radius 2 is 2.27 bits per heavy atom. The van der Waals surface area contributed by atoms with Gasteiger partial charge in [-0.2, -0.15) is 0 Å². The lowest BCUT2D eigenvalue weighted by molar-refractivity contribution is -0.696. The van der Waals surface area contributed by atoms with Crippen LogP contribution in [0.3, 0.4) is 0 Å². The highest BCUT2D eigenvalue weighted by Gasteiger charge is 2.02. The molecule has 0 aliphatic rings. The fourth-order valence-electron chi connectivity index (χ4n) is 1.23. The van der Waals surface area contributed by atoms with Gasteiger partial charge in [0.15, 0.2) is 12.4 Å². The van der Waals surface area contributed by atoms with Crippen LogP contribution in [0.4, 0.5) is 0 Å². The molecule has 0 aliphatic heterocycles. The quantitative estimate of drug-likeness (QED) is 0.545. The molecular weight excluding hydrogens is 214 g/mol. The van der Waals surface area contributed by atoms with Gasteiger partial charge in [0.25, 0.3) is 0 Å². The van der Waals surface area contributed by atoms with E-state index >= 15 is 0 Å². The van der Waals surface area contributed by atoms with E-state index < -0.39 is 10.1 Å². The maximum absolute atomic E-state index is 10.4. The van der Waals surface area contributed by atoms with E-state index in [2.05, 4.69) is 6.58 Å². The van der Waals surface area contributed by atoms with Crippen LogP contribution in [0.1, 0.15) is 12.0 Å². The minimum atomic E-state index is -4.09. The third-order valence-electron chi connectivity index (χ3n) is 1.93. The third-order valence-corrected chi connectivity index (χ3v) is 2.72. The van der Waals surface area contributed by atoms with E-state index in [1.54, 1.807) is 6.08 Å². The monoisotopic (exact) mass is 227 g/mol. The summed E-state index contributed by atoms with van der Waals surface area (Å²) in [7, 11) is -4.09. The Balaban J connectivity index is 2.54. The first-order valence-corrected chi connectivity index (χ1v) is 6.14. The van der Waals surface area contributed by atoms with Crippen molar-refractivity contribution in [3.8, 4) is 0 Å². The highest BCUT2D eigenvalue weighted by molar-refractivity contribution is 7.85. The molecule has 0 aliphatic carbocycles. The van der Waals surface area contributed by atoms with Gasteiger partial charge in [-0.3, -0.25) is 0 Å². The molecule has 0 spiro atoms. The fraction of sp³-hybridized carbons (Fsp3) is 0.300. The van der Waals surface area contributed by atoms with Crippen molar-refractivity contribution in [2.75, 3.05) is 5.75 Å². The van der Waals surface area contributed by atoms with E-state index in [-0.39, 0.29) is 5.75 Å². The second-order valence-electron chi connectivity index (χ2n) is 3.19. The fourth-order valence-corrected chi connectivity index (χ4v) is 1.71. The molecule has 0 saturated heterocycles. The zero-order chi connectivity index (χ0) is 11.3. The standard InChI is InChI=1S/C10H13NO3S/c1-2-10-5-3-6-11(9-10)7-4-8-15(12,13)14/h2-3,5-6,9H,1,4,7-8H2. The summed E-state index contributed by atoms with van der Waals surface area (Å²) < 4.78 is 32.9. The minimum absolute atomic E-state index is 0.321. The molecule has 0 N–H and O–H groups in total. The molecule has 0 unspecified atom stereocenters. The van der Waals surface area contributed by atoms with Crippen LogP contribution in [0.5, 0.6) is 0 Å². The molecule has 82 valence electrons. The number of aromatic nitrogens is 1. The molecular formula is C10H13NO3S. The van der Waals surface area contributed by atoms with Gasteiger partial charge in [0.1, 0.15) is 6.54 Å². The molecule has 1 heterocycles. The molecule has 1 rings (SSSR count). The van der Waals surface area contributed by atoms with Gasteiger partial charge in [-0.25, -0.2) is 13.0 Å². The largest absolute Gasteiger partial charge is 0.748 e. The first-order valence-electron chi connectivity index (χ1n) is 4.56. The maximum Gasteiger partial charge on any atom is 0.176 e. The van der Waals surface area contributed by atoms with E-state index in [0.717, 1.165) is 5.56 Å². The number of rotatable bonds is 5. The molecule has 1 aromatic heterocycles. The van der Waals surface area contributed by atoms with Crippen LogP contribution in [0.25, 0.3) is 6.08 Å². The van der Waals surface area contributed by atoms with Crippen molar-refractivity contribution < 1.29 is 17.5 Å². The SMILES string of the molecule is C=Cc1ccc[n+](CCCS(=O)(=O)[O-])c1. The number of pyridine rings is 1. The lowest BCUT2D eigenvalue weighted by Crippen LogP contribution is -2.33. The highest BCUT2D eigenvalue weighted by atomic mass is 32.2. The Morgan fingerprint density at radius 1 is 1.53 bits per heavy atom. The summed E-state index contributed by atoms with van der Waals surface area (Å²) in [6, 6.07) is 3.75. The van der Waals surface area contributed by atoms with Gasteiger partial charge in [-0.1, -0.05) is 12.7 Å². The molecule has 1 aromatic rings. The first-order chi connectivity index (χ1) is 7.01. The van der Waals surface area contributed by atoms with E-state index in [4.69, 9.17) is 0 Å². The third kappa shape index (κ3) is 4.71. The van der Waals surface area contributed by atoms with Crippen LogP contribution >= 0.6 is 0 Å². The number of aryl methyl sites for hydroxylation is 1. The predicted molar refractivity (Wildman–Crippen MR) is 55.9 cm³/mol. The van der Waals surface area contributed by atoms with Gasteiger partial charge in [-0.15, -0.1) is 0 Å². The minimum Gasteiger partial charge on any atom is -0.748 e. The summed E-state index contributed by atoms with van der Waals surface area (Å²) in [6.07, 6.45) is 5.72. The Hall–Kier alpha value is -1.20. The predicted octanol–water partition coefficient (Wildman–Crippen LogP) is 0.552. The van der Waals surface area contributed by atoms with E-state index in [1.807, 2.05) is 29.1 Å². The smallest absolute Gasteiger partial charge is 0.176 e. The first kappa shape index (κ1) is 11.9. The van der Waals surface area contributed by atoms with Crippen LogP contribution in [0.2, 0.25) is 0 Å².